The van der Waals surface area contributed by atoms with Crippen LogP contribution in [0.3, 0.4) is 0 Å². The Morgan fingerprint density at radius 1 is 0.778 bits per heavy atom. The van der Waals surface area contributed by atoms with Crippen LogP contribution in [0.2, 0.25) is 0 Å². The zero-order chi connectivity index (χ0) is 53.9. The maximum atomic E-state index is 15.5. The molecule has 3 aliphatic carbocycles. The monoisotopic (exact) mass is 1050 g/mol. The number of aliphatic hydroxyl groups excluding tert-OH is 2. The first kappa shape index (κ1) is 57.0. The molecule has 23 heteroatoms. The van der Waals surface area contributed by atoms with E-state index in [0.717, 1.165) is 13.8 Å². The summed E-state index contributed by atoms with van der Waals surface area (Å²) in [6.07, 6.45) is -9.08. The number of esters is 4. The molecule has 0 aromatic heterocycles. The molecule has 2 bridgehead atoms. The van der Waals surface area contributed by atoms with Crippen LogP contribution in [0.1, 0.15) is 86.7 Å². The quantitative estimate of drug-likeness (QED) is 0.0736. The van der Waals surface area contributed by atoms with E-state index in [0.29, 0.717) is 18.1 Å². The number of aliphatic hydroxyl groups is 3. The molecule has 3 aromatic rings. The van der Waals surface area contributed by atoms with Gasteiger partial charge in [0.2, 0.25) is 0 Å². The van der Waals surface area contributed by atoms with Crippen molar-refractivity contribution in [2.24, 2.45) is 16.7 Å². The van der Waals surface area contributed by atoms with Gasteiger partial charge >= 0.3 is 23.9 Å². The molecule has 0 radical (unpaired) electrons. The maximum absolute atomic E-state index is 15.5. The van der Waals surface area contributed by atoms with Crippen LogP contribution in [0.5, 0.6) is 0 Å². The van der Waals surface area contributed by atoms with E-state index in [1.807, 2.05) is 0 Å². The van der Waals surface area contributed by atoms with Crippen LogP contribution in [-0.2, 0) is 63.1 Å². The Bertz CT molecular complexity index is 2740. The normalized spacial score (nSPS) is 29.0. The average Bonchev–Trinajstić information content (AvgIpc) is 3.28. The molecular formula is C49H59NO20S2. The third-order valence-electron chi connectivity index (χ3n) is 13.5. The van der Waals surface area contributed by atoms with Crippen molar-refractivity contribution in [1.29, 1.82) is 0 Å². The van der Waals surface area contributed by atoms with E-state index in [-0.39, 0.29) is 35.3 Å². The van der Waals surface area contributed by atoms with E-state index in [2.05, 4.69) is 5.32 Å². The molecule has 1 amide bonds. The Labute approximate surface area is 416 Å². The third kappa shape index (κ3) is 12.1. The fourth-order valence-electron chi connectivity index (χ4n) is 10.2. The molecule has 4 aliphatic rings. The highest BCUT2D eigenvalue weighted by molar-refractivity contribution is 7.85. The first-order valence-electron chi connectivity index (χ1n) is 22.3. The lowest BCUT2D eigenvalue weighted by Gasteiger charge is -2.67. The standard InChI is InChI=1S/C47H51NO14.2CH4O3S/c1-25-31(60-43(56)36(52)35(28-16-10-7-11-17-28)48-41(54)29-18-12-8-13-19-29)23-47(57)40(61-42(55)30-20-14-9-15-21-30)38-45(6,32(51)22-33-46(38,24-58-33)62-27(3)50)39(53)37(59-26(2)49)34(25)44(47,4)5;2*1-5(2,3)4/h7-21,31-33,35-38,40,51-52,57H,22-24H2,1-6H3,(H,48,54);2*1H3,(H,2,3,4)/t31-,32-,33+,35-,36+,37+,38-,40-,45+,46-,47+;;/m0../s1. The summed E-state index contributed by atoms with van der Waals surface area (Å²) in [7, 11) is -7.33. The summed E-state index contributed by atoms with van der Waals surface area (Å²) in [4.78, 5) is 83.5. The highest BCUT2D eigenvalue weighted by atomic mass is 32.2. The van der Waals surface area contributed by atoms with Gasteiger partial charge in [-0.05, 0) is 54.8 Å². The number of hydrogen-bond acceptors (Lipinski definition) is 18. The lowest BCUT2D eigenvalue weighted by molar-refractivity contribution is -0.346. The molecule has 1 heterocycles. The fraction of sp³-hybridized carbons (Fsp3) is 0.469. The zero-order valence-corrected chi connectivity index (χ0v) is 42.2. The SMILES string of the molecule is CC(=O)O[C@H]1C(=O)[C@@]2(C)[C@H]([C@H](OC(=O)c3ccccc3)[C@]3(O)C[C@H](OC(=O)[C@H](O)[C@@H](NC(=O)c4ccccc4)c4ccccc4)C(C)=C1C3(C)C)[C@]1(OC(C)=O)CO[C@@H]1C[C@@H]2O.CS(=O)(=O)O.CS(=O)(=O)O. The van der Waals surface area contributed by atoms with E-state index in [1.54, 1.807) is 92.7 Å². The van der Waals surface area contributed by atoms with E-state index in [9.17, 15) is 56.1 Å². The molecule has 0 unspecified atom stereocenters. The molecule has 392 valence electrons. The van der Waals surface area contributed by atoms with Crippen molar-refractivity contribution in [2.75, 3.05) is 19.1 Å². The Kier molecular flexibility index (Phi) is 17.1. The van der Waals surface area contributed by atoms with Gasteiger partial charge in [0.25, 0.3) is 26.1 Å². The van der Waals surface area contributed by atoms with Gasteiger partial charge in [0.05, 0.1) is 48.2 Å². The topological polar surface area (TPSA) is 330 Å². The second kappa shape index (κ2) is 21.7. The molecule has 0 spiro atoms. The molecule has 1 saturated heterocycles. The molecule has 72 heavy (non-hydrogen) atoms. The van der Waals surface area contributed by atoms with Gasteiger partial charge in [-0.25, -0.2) is 9.59 Å². The predicted octanol–water partition coefficient (Wildman–Crippen LogP) is 2.74. The van der Waals surface area contributed by atoms with E-state index >= 15 is 4.79 Å². The van der Waals surface area contributed by atoms with Crippen molar-refractivity contribution in [2.45, 2.75) is 108 Å². The van der Waals surface area contributed by atoms with Crippen molar-refractivity contribution < 1.29 is 93.7 Å². The number of fused-ring (bicyclic) bond motifs is 5. The van der Waals surface area contributed by atoms with Gasteiger partial charge in [0.1, 0.15) is 23.9 Å². The van der Waals surface area contributed by atoms with Crippen molar-refractivity contribution in [3.05, 3.63) is 119 Å². The van der Waals surface area contributed by atoms with E-state index in [4.69, 9.17) is 32.8 Å². The third-order valence-corrected chi connectivity index (χ3v) is 13.5. The van der Waals surface area contributed by atoms with Crippen molar-refractivity contribution >= 4 is 55.8 Å². The first-order valence-corrected chi connectivity index (χ1v) is 26.0. The van der Waals surface area contributed by atoms with Gasteiger partial charge in [0, 0.05) is 37.7 Å². The number of hydrogen-bond donors (Lipinski definition) is 6. The van der Waals surface area contributed by atoms with E-state index in [1.165, 1.54) is 26.0 Å². The van der Waals surface area contributed by atoms with Gasteiger partial charge in [-0.1, -0.05) is 80.6 Å². The molecule has 7 rings (SSSR count). The Balaban J connectivity index is 0.000000876. The molecule has 11 atom stereocenters. The molecule has 21 nitrogen and oxygen atoms in total. The molecule has 1 aliphatic heterocycles. The van der Waals surface area contributed by atoms with Gasteiger partial charge in [0.15, 0.2) is 23.6 Å². The second-order valence-corrected chi connectivity index (χ2v) is 21.8. The second-order valence-electron chi connectivity index (χ2n) is 18.8. The van der Waals surface area contributed by atoms with Crippen molar-refractivity contribution in [3.8, 4) is 0 Å². The number of rotatable bonds is 10. The van der Waals surface area contributed by atoms with Gasteiger partial charge < -0.3 is 44.3 Å². The molecular weight excluding hydrogens is 987 g/mol. The van der Waals surface area contributed by atoms with Crippen LogP contribution in [0.15, 0.2) is 102 Å². The predicted molar refractivity (Wildman–Crippen MR) is 253 cm³/mol. The Morgan fingerprint density at radius 3 is 1.75 bits per heavy atom. The minimum Gasteiger partial charge on any atom is -0.456 e. The van der Waals surface area contributed by atoms with Crippen molar-refractivity contribution in [1.82, 2.24) is 5.32 Å². The highest BCUT2D eigenvalue weighted by Gasteiger charge is 2.78. The molecule has 2 saturated carbocycles. The smallest absolute Gasteiger partial charge is 0.338 e. The number of Topliss-reactive ketones (excluding diaryl/α,β-unsaturated/α-hetero) is 1. The summed E-state index contributed by atoms with van der Waals surface area (Å²) in [5.41, 5.74) is -7.02. The minimum atomic E-state index is -3.67. The average molecular weight is 1050 g/mol. The summed E-state index contributed by atoms with van der Waals surface area (Å²) >= 11 is 0. The van der Waals surface area contributed by atoms with Crippen LogP contribution in [-0.4, -0.2) is 144 Å². The lowest BCUT2D eigenvalue weighted by Crippen LogP contribution is -2.82. The zero-order valence-electron chi connectivity index (χ0n) is 40.6. The number of benzene rings is 3. The van der Waals surface area contributed by atoms with Crippen LogP contribution < -0.4 is 5.32 Å². The number of carbonyl (C=O) groups excluding carboxylic acids is 6. The van der Waals surface area contributed by atoms with Gasteiger partial charge in [-0.2, -0.15) is 16.8 Å². The number of carbonyl (C=O) groups is 6. The van der Waals surface area contributed by atoms with Crippen LogP contribution >= 0.6 is 0 Å². The summed E-state index contributed by atoms with van der Waals surface area (Å²) in [5.74, 6) is -6.84. The summed E-state index contributed by atoms with van der Waals surface area (Å²) in [5, 5.41) is 40.2. The van der Waals surface area contributed by atoms with Crippen LogP contribution in [0, 0.1) is 16.7 Å². The van der Waals surface area contributed by atoms with Crippen molar-refractivity contribution in [3.63, 3.8) is 0 Å². The summed E-state index contributed by atoms with van der Waals surface area (Å²) < 4.78 is 82.0. The fourth-order valence-corrected chi connectivity index (χ4v) is 10.2. The van der Waals surface area contributed by atoms with Crippen LogP contribution in [0.4, 0.5) is 0 Å². The Morgan fingerprint density at radius 2 is 1.28 bits per heavy atom. The first-order chi connectivity index (χ1) is 33.3. The molecule has 3 fully saturated rings. The van der Waals surface area contributed by atoms with Gasteiger partial charge in [-0.15, -0.1) is 0 Å². The maximum Gasteiger partial charge on any atom is 0.338 e. The van der Waals surface area contributed by atoms with Crippen LogP contribution in [0.25, 0.3) is 0 Å². The van der Waals surface area contributed by atoms with Gasteiger partial charge in [-0.3, -0.25) is 28.3 Å². The summed E-state index contributed by atoms with van der Waals surface area (Å²) in [6.45, 7) is 7.97. The number of amides is 1. The number of ether oxygens (including phenoxy) is 5. The highest BCUT2D eigenvalue weighted by Crippen LogP contribution is 2.64. The lowest BCUT2D eigenvalue weighted by atomic mass is 9.44. The number of ketones is 1. The Hall–Kier alpha value is -5.92. The molecule has 6 N–H and O–H groups in total. The largest absolute Gasteiger partial charge is 0.456 e. The molecule has 3 aromatic carbocycles. The van der Waals surface area contributed by atoms with E-state index < -0.39 is 133 Å². The minimum absolute atomic E-state index is 0.00289. The number of nitrogens with one attached hydrogen (secondary N) is 1. The summed E-state index contributed by atoms with van der Waals surface area (Å²) in [6, 6.07) is 22.9.